The van der Waals surface area contributed by atoms with Crippen molar-refractivity contribution in [3.63, 3.8) is 0 Å². The van der Waals surface area contributed by atoms with Crippen molar-refractivity contribution >= 4 is 11.5 Å². The van der Waals surface area contributed by atoms with Gasteiger partial charge in [0.05, 0.1) is 31.0 Å². The summed E-state index contributed by atoms with van der Waals surface area (Å²) in [6, 6.07) is 17.4. The molecule has 0 unspecified atom stereocenters. The van der Waals surface area contributed by atoms with Crippen LogP contribution >= 0.6 is 0 Å². The van der Waals surface area contributed by atoms with Gasteiger partial charge in [-0.2, -0.15) is 0 Å². The van der Waals surface area contributed by atoms with E-state index in [0.717, 1.165) is 34.6 Å². The van der Waals surface area contributed by atoms with E-state index >= 15 is 0 Å². The molecule has 3 rings (SSSR count). The fourth-order valence-corrected chi connectivity index (χ4v) is 3.26. The second-order valence-corrected chi connectivity index (χ2v) is 7.64. The van der Waals surface area contributed by atoms with Crippen LogP contribution in [-0.2, 0) is 16.1 Å². The zero-order valence-electron chi connectivity index (χ0n) is 19.3. The number of hydrogen-bond acceptors (Lipinski definition) is 6. The van der Waals surface area contributed by atoms with E-state index in [1.165, 1.54) is 0 Å². The second kappa shape index (κ2) is 11.9. The Bertz CT molecular complexity index is 1090. The maximum atomic E-state index is 11.3. The van der Waals surface area contributed by atoms with E-state index in [1.807, 2.05) is 75.4 Å². The topological polar surface area (TPSA) is 93.8 Å². The monoisotopic (exact) mass is 450 g/mol. The van der Waals surface area contributed by atoms with Gasteiger partial charge in [0.2, 0.25) is 5.89 Å². The molecule has 0 aliphatic carbocycles. The number of allylic oxidation sites excluding steroid dienone is 1. The number of rotatable bonds is 12. The number of hydrogen-bond donors (Lipinski definition) is 2. The molecule has 0 fully saturated rings. The van der Waals surface area contributed by atoms with Crippen molar-refractivity contribution in [1.82, 2.24) is 10.5 Å². The fraction of sp³-hybridized carbons (Fsp3) is 0.308. The van der Waals surface area contributed by atoms with Crippen LogP contribution in [0.25, 0.3) is 17.0 Å². The van der Waals surface area contributed by atoms with E-state index in [0.29, 0.717) is 37.0 Å². The number of oxazole rings is 1. The SMILES string of the molecule is CCCONC(CC(=O)O)=C(C)c1cccc(OCCc2nc(-c3ccccc3)oc2C)c1. The van der Waals surface area contributed by atoms with Gasteiger partial charge in [-0.1, -0.05) is 37.3 Å². The first kappa shape index (κ1) is 24.1. The van der Waals surface area contributed by atoms with Gasteiger partial charge < -0.3 is 14.3 Å². The molecule has 0 bridgehead atoms. The summed E-state index contributed by atoms with van der Waals surface area (Å²) >= 11 is 0. The molecule has 3 aromatic rings. The third-order valence-corrected chi connectivity index (χ3v) is 5.07. The zero-order valence-corrected chi connectivity index (χ0v) is 19.3. The molecule has 2 aromatic carbocycles. The molecular formula is C26H30N2O5. The van der Waals surface area contributed by atoms with Crippen LogP contribution < -0.4 is 10.2 Å². The zero-order chi connectivity index (χ0) is 23.6. The maximum absolute atomic E-state index is 11.3. The van der Waals surface area contributed by atoms with E-state index in [9.17, 15) is 9.90 Å². The molecule has 0 aliphatic heterocycles. The van der Waals surface area contributed by atoms with Crippen LogP contribution in [0.5, 0.6) is 5.75 Å². The number of aryl methyl sites for hydroxylation is 1. The predicted octanol–water partition coefficient (Wildman–Crippen LogP) is 5.41. The average molecular weight is 451 g/mol. The Morgan fingerprint density at radius 1 is 1.12 bits per heavy atom. The lowest BCUT2D eigenvalue weighted by atomic mass is 10.0. The molecule has 1 aromatic heterocycles. The summed E-state index contributed by atoms with van der Waals surface area (Å²) in [6.45, 7) is 6.68. The van der Waals surface area contributed by atoms with Crippen molar-refractivity contribution in [2.24, 2.45) is 0 Å². The quantitative estimate of drug-likeness (QED) is 0.281. The summed E-state index contributed by atoms with van der Waals surface area (Å²) in [6.07, 6.45) is 1.28. The summed E-state index contributed by atoms with van der Waals surface area (Å²) in [5, 5.41) is 9.24. The Morgan fingerprint density at radius 3 is 2.64 bits per heavy atom. The Hall–Kier alpha value is -3.58. The minimum atomic E-state index is -0.929. The first-order valence-corrected chi connectivity index (χ1v) is 11.0. The largest absolute Gasteiger partial charge is 0.493 e. The van der Waals surface area contributed by atoms with Crippen LogP contribution in [0.1, 0.15) is 43.7 Å². The van der Waals surface area contributed by atoms with Gasteiger partial charge in [0.25, 0.3) is 0 Å². The molecule has 0 atom stereocenters. The Balaban J connectivity index is 1.66. The third kappa shape index (κ3) is 6.95. The number of carbonyl (C=O) groups is 1. The molecule has 0 radical (unpaired) electrons. The number of aromatic nitrogens is 1. The van der Waals surface area contributed by atoms with Gasteiger partial charge in [0, 0.05) is 12.0 Å². The number of nitrogens with zero attached hydrogens (tertiary/aromatic N) is 1. The standard InChI is InChI=1S/C26H30N2O5/c1-4-14-32-28-24(17-25(29)30)18(2)21-11-8-12-22(16-21)31-15-13-23-19(3)33-26(27-23)20-9-6-5-7-10-20/h5-12,16,28H,4,13-15,17H2,1-3H3,(H,29,30). The lowest BCUT2D eigenvalue weighted by molar-refractivity contribution is -0.136. The van der Waals surface area contributed by atoms with Crippen molar-refractivity contribution in [3.8, 4) is 17.2 Å². The summed E-state index contributed by atoms with van der Waals surface area (Å²) in [4.78, 5) is 21.2. The van der Waals surface area contributed by atoms with Crippen LogP contribution in [-0.4, -0.2) is 29.3 Å². The highest BCUT2D eigenvalue weighted by Gasteiger charge is 2.13. The second-order valence-electron chi connectivity index (χ2n) is 7.64. The van der Waals surface area contributed by atoms with Crippen LogP contribution in [0.2, 0.25) is 0 Å². The van der Waals surface area contributed by atoms with E-state index < -0.39 is 5.97 Å². The van der Waals surface area contributed by atoms with Crippen molar-refractivity contribution in [2.45, 2.75) is 40.0 Å². The number of nitrogens with one attached hydrogen (secondary N) is 1. The highest BCUT2D eigenvalue weighted by atomic mass is 16.6. The molecule has 0 amide bonds. The lowest BCUT2D eigenvalue weighted by Crippen LogP contribution is -2.18. The number of carboxylic acids is 1. The Kier molecular flexibility index (Phi) is 8.66. The molecule has 0 aliphatic rings. The van der Waals surface area contributed by atoms with Gasteiger partial charge >= 0.3 is 5.97 Å². The van der Waals surface area contributed by atoms with Gasteiger partial charge in [0.15, 0.2) is 0 Å². The molecule has 33 heavy (non-hydrogen) atoms. The van der Waals surface area contributed by atoms with Gasteiger partial charge in [-0.3, -0.25) is 15.1 Å². The first-order chi connectivity index (χ1) is 16.0. The molecule has 0 spiro atoms. The predicted molar refractivity (Wildman–Crippen MR) is 127 cm³/mol. The van der Waals surface area contributed by atoms with Crippen molar-refractivity contribution < 1.29 is 23.9 Å². The Morgan fingerprint density at radius 2 is 1.91 bits per heavy atom. The normalized spacial score (nSPS) is 11.7. The first-order valence-electron chi connectivity index (χ1n) is 11.0. The summed E-state index contributed by atoms with van der Waals surface area (Å²) in [5.41, 5.74) is 6.77. The maximum Gasteiger partial charge on any atom is 0.309 e. The highest BCUT2D eigenvalue weighted by molar-refractivity contribution is 5.76. The lowest BCUT2D eigenvalue weighted by Gasteiger charge is -2.14. The van der Waals surface area contributed by atoms with Crippen molar-refractivity contribution in [1.29, 1.82) is 0 Å². The average Bonchev–Trinajstić information content (AvgIpc) is 3.19. The van der Waals surface area contributed by atoms with Crippen LogP contribution in [0, 0.1) is 6.92 Å². The molecule has 0 saturated carbocycles. The highest BCUT2D eigenvalue weighted by Crippen LogP contribution is 2.25. The van der Waals surface area contributed by atoms with Crippen molar-refractivity contribution in [3.05, 3.63) is 77.3 Å². The number of benzene rings is 2. The van der Waals surface area contributed by atoms with Crippen molar-refractivity contribution in [2.75, 3.05) is 13.2 Å². The van der Waals surface area contributed by atoms with Crippen LogP contribution in [0.3, 0.4) is 0 Å². The van der Waals surface area contributed by atoms with Gasteiger partial charge in [-0.05, 0) is 55.7 Å². The van der Waals surface area contributed by atoms with E-state index in [1.54, 1.807) is 0 Å². The van der Waals surface area contributed by atoms with Gasteiger partial charge in [-0.15, -0.1) is 0 Å². The van der Waals surface area contributed by atoms with Crippen LogP contribution in [0.4, 0.5) is 0 Å². The van der Waals surface area contributed by atoms with Gasteiger partial charge in [-0.25, -0.2) is 4.98 Å². The molecular weight excluding hydrogens is 420 g/mol. The molecule has 174 valence electrons. The Labute approximate surface area is 194 Å². The van der Waals surface area contributed by atoms with Gasteiger partial charge in [0.1, 0.15) is 11.5 Å². The molecule has 7 heteroatoms. The van der Waals surface area contributed by atoms with E-state index in [2.05, 4.69) is 10.5 Å². The summed E-state index contributed by atoms with van der Waals surface area (Å²) in [7, 11) is 0. The smallest absolute Gasteiger partial charge is 0.309 e. The summed E-state index contributed by atoms with van der Waals surface area (Å²) < 4.78 is 11.8. The molecule has 0 saturated heterocycles. The number of ether oxygens (including phenoxy) is 1. The minimum Gasteiger partial charge on any atom is -0.493 e. The number of hydroxylamine groups is 1. The number of carboxylic acid groups (broad SMARTS) is 1. The molecule has 1 heterocycles. The third-order valence-electron chi connectivity index (χ3n) is 5.07. The molecule has 7 nitrogen and oxygen atoms in total. The van der Waals surface area contributed by atoms with E-state index in [4.69, 9.17) is 14.0 Å². The van der Waals surface area contributed by atoms with E-state index in [-0.39, 0.29) is 6.42 Å². The fourth-order valence-electron chi connectivity index (χ4n) is 3.26. The summed E-state index contributed by atoms with van der Waals surface area (Å²) in [5.74, 6) is 1.15. The molecule has 2 N–H and O–H groups in total. The van der Waals surface area contributed by atoms with Crippen LogP contribution in [0.15, 0.2) is 64.7 Å². The number of aliphatic carboxylic acids is 1. The minimum absolute atomic E-state index is 0.157.